The number of ether oxygens (including phenoxy) is 2. The van der Waals surface area contributed by atoms with E-state index in [-0.39, 0.29) is 11.9 Å². The highest BCUT2D eigenvalue weighted by molar-refractivity contribution is 5.95. The van der Waals surface area contributed by atoms with Crippen LogP contribution in [0.25, 0.3) is 0 Å². The molecule has 0 aromatic heterocycles. The molecule has 1 aromatic carbocycles. The highest BCUT2D eigenvalue weighted by Gasteiger charge is 2.12. The maximum Gasteiger partial charge on any atom is 0.251 e. The quantitative estimate of drug-likeness (QED) is 0.824. The van der Waals surface area contributed by atoms with Gasteiger partial charge in [-0.15, -0.1) is 0 Å². The summed E-state index contributed by atoms with van der Waals surface area (Å²) in [6.45, 7) is 8.99. The van der Waals surface area contributed by atoms with Crippen molar-refractivity contribution < 1.29 is 14.3 Å². The second kappa shape index (κ2) is 7.67. The SMILES string of the molecule is CCCOc1ccc(C(=O)NC(C)C)cc1OCC. The van der Waals surface area contributed by atoms with Crippen LogP contribution in [-0.4, -0.2) is 25.2 Å². The van der Waals surface area contributed by atoms with E-state index >= 15 is 0 Å². The molecule has 0 heterocycles. The molecule has 19 heavy (non-hydrogen) atoms. The van der Waals surface area contributed by atoms with E-state index in [1.54, 1.807) is 18.2 Å². The highest BCUT2D eigenvalue weighted by atomic mass is 16.5. The monoisotopic (exact) mass is 265 g/mol. The van der Waals surface area contributed by atoms with Gasteiger partial charge in [-0.25, -0.2) is 0 Å². The van der Waals surface area contributed by atoms with Gasteiger partial charge in [-0.2, -0.15) is 0 Å². The van der Waals surface area contributed by atoms with E-state index < -0.39 is 0 Å². The summed E-state index contributed by atoms with van der Waals surface area (Å²) in [7, 11) is 0. The number of benzene rings is 1. The Balaban J connectivity index is 2.91. The Bertz CT molecular complexity index is 416. The summed E-state index contributed by atoms with van der Waals surface area (Å²) in [5, 5.41) is 2.86. The van der Waals surface area contributed by atoms with Gasteiger partial charge in [0.25, 0.3) is 5.91 Å². The van der Waals surface area contributed by atoms with Gasteiger partial charge in [-0.3, -0.25) is 4.79 Å². The van der Waals surface area contributed by atoms with Crippen molar-refractivity contribution in [2.45, 2.75) is 40.2 Å². The highest BCUT2D eigenvalue weighted by Crippen LogP contribution is 2.28. The Labute approximate surface area is 115 Å². The van der Waals surface area contributed by atoms with E-state index in [4.69, 9.17) is 9.47 Å². The van der Waals surface area contributed by atoms with Crippen molar-refractivity contribution in [3.05, 3.63) is 23.8 Å². The van der Waals surface area contributed by atoms with Crippen molar-refractivity contribution in [1.82, 2.24) is 5.32 Å². The lowest BCUT2D eigenvalue weighted by Gasteiger charge is -2.14. The molecule has 0 fully saturated rings. The maximum absolute atomic E-state index is 11.9. The third-order valence-corrected chi connectivity index (χ3v) is 2.39. The smallest absolute Gasteiger partial charge is 0.251 e. The minimum absolute atomic E-state index is 0.0991. The molecule has 0 aliphatic heterocycles. The first kappa shape index (κ1) is 15.3. The van der Waals surface area contributed by atoms with Crippen LogP contribution in [0.2, 0.25) is 0 Å². The molecule has 0 unspecified atom stereocenters. The fourth-order valence-electron chi connectivity index (χ4n) is 1.59. The lowest BCUT2D eigenvalue weighted by Crippen LogP contribution is -2.30. The van der Waals surface area contributed by atoms with Gasteiger partial charge in [0.1, 0.15) is 0 Å². The van der Waals surface area contributed by atoms with E-state index in [0.29, 0.717) is 30.3 Å². The second-order valence-electron chi connectivity index (χ2n) is 4.57. The van der Waals surface area contributed by atoms with Gasteiger partial charge >= 0.3 is 0 Å². The summed E-state index contributed by atoms with van der Waals surface area (Å²) < 4.78 is 11.1. The van der Waals surface area contributed by atoms with Gasteiger partial charge in [0, 0.05) is 11.6 Å². The molecule has 0 aliphatic rings. The van der Waals surface area contributed by atoms with Crippen molar-refractivity contribution in [2.75, 3.05) is 13.2 Å². The van der Waals surface area contributed by atoms with Gasteiger partial charge in [-0.1, -0.05) is 6.92 Å². The maximum atomic E-state index is 11.9. The lowest BCUT2D eigenvalue weighted by atomic mass is 10.1. The molecule has 4 heteroatoms. The molecule has 0 bridgehead atoms. The molecule has 1 aromatic rings. The summed E-state index contributed by atoms with van der Waals surface area (Å²) in [5.74, 6) is 1.20. The first-order valence-electron chi connectivity index (χ1n) is 6.79. The van der Waals surface area contributed by atoms with Crippen LogP contribution in [-0.2, 0) is 0 Å². The van der Waals surface area contributed by atoms with Crippen molar-refractivity contribution >= 4 is 5.91 Å². The number of amides is 1. The fourth-order valence-corrected chi connectivity index (χ4v) is 1.59. The number of carbonyl (C=O) groups is 1. The van der Waals surface area contributed by atoms with Gasteiger partial charge in [0.05, 0.1) is 13.2 Å². The predicted molar refractivity (Wildman–Crippen MR) is 76.0 cm³/mol. The number of rotatable bonds is 7. The van der Waals surface area contributed by atoms with E-state index in [9.17, 15) is 4.79 Å². The molecule has 0 saturated carbocycles. The van der Waals surface area contributed by atoms with Crippen LogP contribution in [0.5, 0.6) is 11.5 Å². The molecule has 106 valence electrons. The van der Waals surface area contributed by atoms with Crippen molar-refractivity contribution in [2.24, 2.45) is 0 Å². The van der Waals surface area contributed by atoms with E-state index in [0.717, 1.165) is 6.42 Å². The summed E-state index contributed by atoms with van der Waals surface area (Å²) in [4.78, 5) is 11.9. The first-order valence-corrected chi connectivity index (χ1v) is 6.79. The number of carbonyl (C=O) groups excluding carboxylic acids is 1. The first-order chi connectivity index (χ1) is 9.08. The zero-order chi connectivity index (χ0) is 14.3. The van der Waals surface area contributed by atoms with E-state index in [1.807, 2.05) is 27.7 Å². The van der Waals surface area contributed by atoms with Crippen LogP contribution in [0.4, 0.5) is 0 Å². The Morgan fingerprint density at radius 2 is 1.95 bits per heavy atom. The molecular weight excluding hydrogens is 242 g/mol. The molecule has 0 aliphatic carbocycles. The summed E-state index contributed by atoms with van der Waals surface area (Å²) in [6.07, 6.45) is 0.932. The summed E-state index contributed by atoms with van der Waals surface area (Å²) in [5.41, 5.74) is 0.584. The standard InChI is InChI=1S/C15H23NO3/c1-5-9-19-13-8-7-12(10-14(13)18-6-2)15(17)16-11(3)4/h7-8,10-11H,5-6,9H2,1-4H3,(H,16,17). The van der Waals surface area contributed by atoms with Crippen LogP contribution >= 0.6 is 0 Å². The fraction of sp³-hybridized carbons (Fsp3) is 0.533. The molecule has 1 amide bonds. The lowest BCUT2D eigenvalue weighted by molar-refractivity contribution is 0.0942. The Hall–Kier alpha value is -1.71. The van der Waals surface area contributed by atoms with Crippen molar-refractivity contribution in [3.8, 4) is 11.5 Å². The molecule has 0 spiro atoms. The molecule has 4 nitrogen and oxygen atoms in total. The van der Waals surface area contributed by atoms with Gasteiger partial charge in [0.2, 0.25) is 0 Å². The Morgan fingerprint density at radius 3 is 2.53 bits per heavy atom. The second-order valence-corrected chi connectivity index (χ2v) is 4.57. The van der Waals surface area contributed by atoms with Gasteiger partial charge in [-0.05, 0) is 45.4 Å². The van der Waals surface area contributed by atoms with Crippen LogP contribution in [0, 0.1) is 0 Å². The number of hydrogen-bond donors (Lipinski definition) is 1. The molecule has 0 atom stereocenters. The average Bonchev–Trinajstić information content (AvgIpc) is 2.36. The minimum Gasteiger partial charge on any atom is -0.490 e. The predicted octanol–water partition coefficient (Wildman–Crippen LogP) is 3.01. The molecule has 0 saturated heterocycles. The van der Waals surface area contributed by atoms with E-state index in [2.05, 4.69) is 5.32 Å². The van der Waals surface area contributed by atoms with E-state index in [1.165, 1.54) is 0 Å². The van der Waals surface area contributed by atoms with Gasteiger partial charge in [0.15, 0.2) is 11.5 Å². The summed E-state index contributed by atoms with van der Waals surface area (Å²) >= 11 is 0. The molecular formula is C15H23NO3. The molecule has 0 radical (unpaired) electrons. The van der Waals surface area contributed by atoms with Crippen LogP contribution in [0.1, 0.15) is 44.5 Å². The normalized spacial score (nSPS) is 10.4. The summed E-state index contributed by atoms with van der Waals surface area (Å²) in [6, 6.07) is 5.38. The average molecular weight is 265 g/mol. The van der Waals surface area contributed by atoms with Crippen LogP contribution in [0.3, 0.4) is 0 Å². The Kier molecular flexibility index (Phi) is 6.19. The van der Waals surface area contributed by atoms with Crippen molar-refractivity contribution in [3.63, 3.8) is 0 Å². The number of nitrogens with one attached hydrogen (secondary N) is 1. The minimum atomic E-state index is -0.0991. The zero-order valence-electron chi connectivity index (χ0n) is 12.2. The third kappa shape index (κ3) is 4.81. The largest absolute Gasteiger partial charge is 0.490 e. The Morgan fingerprint density at radius 1 is 1.21 bits per heavy atom. The molecule has 1 rings (SSSR count). The molecule has 1 N–H and O–H groups in total. The van der Waals surface area contributed by atoms with Crippen molar-refractivity contribution in [1.29, 1.82) is 0 Å². The zero-order valence-corrected chi connectivity index (χ0v) is 12.2. The number of hydrogen-bond acceptors (Lipinski definition) is 3. The third-order valence-electron chi connectivity index (χ3n) is 2.39. The van der Waals surface area contributed by atoms with Gasteiger partial charge < -0.3 is 14.8 Å². The van der Waals surface area contributed by atoms with Crippen LogP contribution < -0.4 is 14.8 Å². The van der Waals surface area contributed by atoms with Crippen LogP contribution in [0.15, 0.2) is 18.2 Å². The topological polar surface area (TPSA) is 47.6 Å².